The van der Waals surface area contributed by atoms with E-state index in [1.54, 1.807) is 24.3 Å². The first-order valence-electron chi connectivity index (χ1n) is 3.74. The van der Waals surface area contributed by atoms with Crippen LogP contribution in [0.2, 0.25) is 0 Å². The molecule has 4 heteroatoms. The number of aliphatic imine (C=N–C) groups is 1. The summed E-state index contributed by atoms with van der Waals surface area (Å²) in [4.78, 5) is 13.8. The minimum atomic E-state index is -0.708. The van der Waals surface area contributed by atoms with E-state index in [-0.39, 0.29) is 0 Å². The molecule has 68 valence electrons. The Hall–Kier alpha value is -1.68. The average Bonchev–Trinajstić information content (AvgIpc) is 2.19. The molecule has 0 radical (unpaired) electrons. The highest BCUT2D eigenvalue weighted by Crippen LogP contribution is 2.12. The van der Waals surface area contributed by atoms with Crippen LogP contribution in [0.3, 0.4) is 0 Å². The molecule has 1 amide bonds. The number of benzene rings is 1. The molecule has 2 N–H and O–H groups in total. The third-order valence-corrected chi connectivity index (χ3v) is 1.49. The Bertz CT molecular complexity index is 306. The number of amides is 1. The van der Waals surface area contributed by atoms with Crippen molar-refractivity contribution < 1.29 is 9.53 Å². The Morgan fingerprint density at radius 1 is 1.46 bits per heavy atom. The molecule has 0 spiro atoms. The summed E-state index contributed by atoms with van der Waals surface area (Å²) in [6.07, 6.45) is -0.708. The lowest BCUT2D eigenvalue weighted by Crippen LogP contribution is -2.01. The molecular weight excluding hydrogens is 168 g/mol. The van der Waals surface area contributed by atoms with Crippen LogP contribution in [0.25, 0.3) is 0 Å². The number of hydrogen-bond acceptors (Lipinski definition) is 3. The monoisotopic (exact) mass is 178 g/mol. The summed E-state index contributed by atoms with van der Waals surface area (Å²) in [7, 11) is 0. The molecule has 0 atom stereocenters. The summed E-state index contributed by atoms with van der Waals surface area (Å²) >= 11 is 0. The molecule has 13 heavy (non-hydrogen) atoms. The van der Waals surface area contributed by atoms with Crippen molar-refractivity contribution >= 4 is 12.8 Å². The van der Waals surface area contributed by atoms with Crippen molar-refractivity contribution in [2.24, 2.45) is 10.7 Å². The third kappa shape index (κ3) is 2.68. The minimum absolute atomic E-state index is 0.439. The zero-order valence-corrected chi connectivity index (χ0v) is 7.06. The maximum atomic E-state index is 10.7. The summed E-state index contributed by atoms with van der Waals surface area (Å²) in [6.45, 7) is 3.51. The van der Waals surface area contributed by atoms with Gasteiger partial charge in [0.15, 0.2) is 0 Å². The van der Waals surface area contributed by atoms with Gasteiger partial charge in [0.1, 0.15) is 5.75 Å². The number of rotatable bonds is 2. The fourth-order valence-electron chi connectivity index (χ4n) is 0.827. The van der Waals surface area contributed by atoms with Crippen molar-refractivity contribution in [2.75, 3.05) is 0 Å². The predicted octanol–water partition coefficient (Wildman–Crippen LogP) is 1.34. The molecule has 0 aliphatic carbocycles. The van der Waals surface area contributed by atoms with Crippen LogP contribution in [0, 0.1) is 0 Å². The van der Waals surface area contributed by atoms with Gasteiger partial charge in [0.2, 0.25) is 0 Å². The Balaban J connectivity index is 2.69. The molecule has 1 rings (SSSR count). The van der Waals surface area contributed by atoms with E-state index < -0.39 is 6.09 Å². The van der Waals surface area contributed by atoms with Crippen molar-refractivity contribution in [3.05, 3.63) is 29.8 Å². The Morgan fingerprint density at radius 3 is 2.54 bits per heavy atom. The molecule has 0 aliphatic rings. The largest absolute Gasteiger partial charge is 0.438 e. The lowest BCUT2D eigenvalue weighted by atomic mass is 10.2. The minimum Gasteiger partial charge on any atom is -0.409 e. The van der Waals surface area contributed by atoms with E-state index in [1.807, 2.05) is 0 Å². The molecule has 0 saturated heterocycles. The molecule has 0 fully saturated rings. The van der Waals surface area contributed by atoms with Crippen LogP contribution < -0.4 is 10.5 Å². The topological polar surface area (TPSA) is 64.7 Å². The Morgan fingerprint density at radius 2 is 2.08 bits per heavy atom. The number of carbonyl (C=O) groups excluding carboxylic acids is 1. The number of ether oxygens (including phenoxy) is 1. The number of nitrogens with two attached hydrogens (primary N) is 1. The van der Waals surface area contributed by atoms with Gasteiger partial charge < -0.3 is 10.5 Å². The summed E-state index contributed by atoms with van der Waals surface area (Å²) < 4.78 is 4.75. The van der Waals surface area contributed by atoms with Gasteiger partial charge in [-0.25, -0.2) is 4.79 Å². The quantitative estimate of drug-likeness (QED) is 0.695. The Labute approximate surface area is 76.0 Å². The molecule has 1 aromatic rings. The van der Waals surface area contributed by atoms with Gasteiger partial charge in [-0.3, -0.25) is 0 Å². The number of carbonyl (C=O) groups is 1. The molecule has 0 heterocycles. The summed E-state index contributed by atoms with van der Waals surface area (Å²) in [6, 6.07) is 6.88. The molecule has 0 aromatic heterocycles. The van der Waals surface area contributed by atoms with Gasteiger partial charge in [0, 0.05) is 6.54 Å². The first kappa shape index (κ1) is 9.41. The maximum absolute atomic E-state index is 10.7. The highest BCUT2D eigenvalue weighted by molar-refractivity contribution is 5.75. The maximum Gasteiger partial charge on any atom is 0.438 e. The zero-order valence-electron chi connectivity index (χ0n) is 7.06. The smallest absolute Gasteiger partial charge is 0.409 e. The van der Waals surface area contributed by atoms with Crippen molar-refractivity contribution in [1.82, 2.24) is 0 Å². The van der Waals surface area contributed by atoms with Gasteiger partial charge in [0.05, 0.1) is 0 Å². The van der Waals surface area contributed by atoms with Gasteiger partial charge in [-0.15, -0.1) is 0 Å². The van der Waals surface area contributed by atoms with Crippen LogP contribution in [0.5, 0.6) is 5.75 Å². The lowest BCUT2D eigenvalue weighted by molar-refractivity contribution is 0.211. The molecule has 4 nitrogen and oxygen atoms in total. The summed E-state index contributed by atoms with van der Waals surface area (Å²) in [5.41, 5.74) is 6.37. The van der Waals surface area contributed by atoms with Crippen molar-refractivity contribution in [1.29, 1.82) is 0 Å². The second-order valence-electron chi connectivity index (χ2n) is 2.37. The first-order valence-corrected chi connectivity index (χ1v) is 3.74. The van der Waals surface area contributed by atoms with Crippen LogP contribution in [0.4, 0.5) is 4.79 Å². The van der Waals surface area contributed by atoms with Crippen LogP contribution in [0.15, 0.2) is 29.3 Å². The van der Waals surface area contributed by atoms with Crippen molar-refractivity contribution in [3.63, 3.8) is 0 Å². The SMILES string of the molecule is C=NC(=O)Oc1ccc(CN)cc1. The average molecular weight is 178 g/mol. The number of hydrogen-bond donors (Lipinski definition) is 1. The van der Waals surface area contributed by atoms with E-state index in [1.165, 1.54) is 0 Å². The number of nitrogens with zero attached hydrogens (tertiary/aromatic N) is 1. The molecule has 1 aromatic carbocycles. The van der Waals surface area contributed by atoms with Gasteiger partial charge in [0.25, 0.3) is 0 Å². The fourth-order valence-corrected chi connectivity index (χ4v) is 0.827. The molecule has 0 unspecified atom stereocenters. The molecular formula is C9H10N2O2. The third-order valence-electron chi connectivity index (χ3n) is 1.49. The van der Waals surface area contributed by atoms with Crippen LogP contribution >= 0.6 is 0 Å². The predicted molar refractivity (Wildman–Crippen MR) is 49.9 cm³/mol. The van der Waals surface area contributed by atoms with Gasteiger partial charge >= 0.3 is 6.09 Å². The zero-order chi connectivity index (χ0) is 9.68. The van der Waals surface area contributed by atoms with Crippen molar-refractivity contribution in [3.8, 4) is 5.75 Å². The second kappa shape index (κ2) is 4.37. The summed E-state index contributed by atoms with van der Waals surface area (Å²) in [5, 5.41) is 0. The standard InChI is InChI=1S/C9H10N2O2/c1-11-9(12)13-8-4-2-7(6-10)3-5-8/h2-5H,1,6,10H2. The van der Waals surface area contributed by atoms with E-state index in [0.29, 0.717) is 12.3 Å². The van der Waals surface area contributed by atoms with Gasteiger partial charge in [-0.05, 0) is 24.4 Å². The van der Waals surface area contributed by atoms with Crippen molar-refractivity contribution in [2.45, 2.75) is 6.54 Å². The molecule has 0 aliphatic heterocycles. The van der Waals surface area contributed by atoms with Crippen LogP contribution in [-0.2, 0) is 6.54 Å². The van der Waals surface area contributed by atoms with Crippen LogP contribution in [-0.4, -0.2) is 12.8 Å². The second-order valence-corrected chi connectivity index (χ2v) is 2.37. The molecule has 0 bridgehead atoms. The van der Waals surface area contributed by atoms with E-state index in [9.17, 15) is 4.79 Å². The highest BCUT2D eigenvalue weighted by atomic mass is 16.5. The molecule has 0 saturated carbocycles. The van der Waals surface area contributed by atoms with Crippen LogP contribution in [0.1, 0.15) is 5.56 Å². The first-order chi connectivity index (χ1) is 6.26. The normalized spacial score (nSPS) is 9.31. The Kier molecular flexibility index (Phi) is 3.16. The van der Waals surface area contributed by atoms with E-state index >= 15 is 0 Å². The lowest BCUT2D eigenvalue weighted by Gasteiger charge is -2.00. The van der Waals surface area contributed by atoms with E-state index in [2.05, 4.69) is 11.7 Å². The summed E-state index contributed by atoms with van der Waals surface area (Å²) in [5.74, 6) is 0.439. The fraction of sp³-hybridized carbons (Fsp3) is 0.111. The van der Waals surface area contributed by atoms with E-state index in [4.69, 9.17) is 10.5 Å². The van der Waals surface area contributed by atoms with Gasteiger partial charge in [-0.1, -0.05) is 12.1 Å². The van der Waals surface area contributed by atoms with E-state index in [0.717, 1.165) is 5.56 Å². The highest BCUT2D eigenvalue weighted by Gasteiger charge is 1.99. The van der Waals surface area contributed by atoms with Gasteiger partial charge in [-0.2, -0.15) is 4.99 Å².